The van der Waals surface area contributed by atoms with E-state index in [0.717, 1.165) is 71.2 Å². The molecule has 0 bridgehead atoms. The van der Waals surface area contributed by atoms with Gasteiger partial charge in [0.2, 0.25) is 0 Å². The standard InChI is InChI=1S/C37H60N2O8/c1-21(40)45-31(33(4,5)42)24-8-7-23-29(46-24)30(41)37(38)26-10-9-25-32(2,3)27(47-28-17-39(15-16-44-28)22-18-43-19-22)11-12-35(25)20-36(26,35)14-13-34(23,37)6/h22-31,41-42H,7-20,38H2,1-6H3/t23-,24?,25?,26?,27-,28?,29?,30-,31-,34?,35?,36?,37-/m0/s1. The van der Waals surface area contributed by atoms with Gasteiger partial charge in [0.15, 0.2) is 12.4 Å². The van der Waals surface area contributed by atoms with Crippen LogP contribution in [0.15, 0.2) is 0 Å². The molecule has 0 aromatic carbocycles. The number of nitrogens with zero attached hydrogens (tertiary/aromatic N) is 1. The average molecular weight is 661 g/mol. The second-order valence-corrected chi connectivity index (χ2v) is 18.4. The second-order valence-electron chi connectivity index (χ2n) is 18.4. The lowest BCUT2D eigenvalue weighted by Gasteiger charge is -2.63. The summed E-state index contributed by atoms with van der Waals surface area (Å²) in [6, 6.07) is 0.498. The SMILES string of the molecule is CC(=O)O[C@@H](C1CC[C@H]2C(O1)[C@H](O)[C@@]1(N)C3CCC4C(C)(C)[C@@H](OC5CN(C6COC6)CCO5)CCC45CC35CCC21C)C(C)(C)O. The van der Waals surface area contributed by atoms with E-state index in [4.69, 9.17) is 29.4 Å². The Morgan fingerprint density at radius 1 is 1.02 bits per heavy atom. The number of morpholine rings is 1. The molecule has 0 radical (unpaired) electrons. The van der Waals surface area contributed by atoms with Gasteiger partial charge >= 0.3 is 5.97 Å². The Kier molecular flexibility index (Phi) is 7.67. The van der Waals surface area contributed by atoms with Crippen molar-refractivity contribution in [2.75, 3.05) is 32.9 Å². The van der Waals surface area contributed by atoms with Gasteiger partial charge in [0.25, 0.3) is 0 Å². The molecule has 5 aliphatic carbocycles. The summed E-state index contributed by atoms with van der Waals surface area (Å²) in [6.45, 7) is 16.0. The molecule has 3 heterocycles. The molecule has 0 aromatic heterocycles. The van der Waals surface area contributed by atoms with Crippen LogP contribution in [0.25, 0.3) is 0 Å². The molecular weight excluding hydrogens is 600 g/mol. The lowest BCUT2D eigenvalue weighted by atomic mass is 9.44. The summed E-state index contributed by atoms with van der Waals surface area (Å²) in [5.41, 5.74) is 5.87. The van der Waals surface area contributed by atoms with Crippen LogP contribution in [0.5, 0.6) is 0 Å². The summed E-state index contributed by atoms with van der Waals surface area (Å²) < 4.78 is 30.8. The number of aliphatic hydroxyl groups excluding tert-OH is 1. The van der Waals surface area contributed by atoms with Gasteiger partial charge in [-0.1, -0.05) is 20.8 Å². The summed E-state index contributed by atoms with van der Waals surface area (Å²) in [6.07, 6.45) is 6.59. The van der Waals surface area contributed by atoms with Crippen molar-refractivity contribution in [2.24, 2.45) is 45.1 Å². The summed E-state index contributed by atoms with van der Waals surface area (Å²) in [5, 5.41) is 23.3. The molecule has 3 saturated heterocycles. The zero-order valence-corrected chi connectivity index (χ0v) is 29.5. The third-order valence-corrected chi connectivity index (χ3v) is 15.8. The zero-order valence-electron chi connectivity index (χ0n) is 29.5. The van der Waals surface area contributed by atoms with Gasteiger partial charge in [0, 0.05) is 13.5 Å². The molecule has 8 aliphatic rings. The van der Waals surface area contributed by atoms with Crippen molar-refractivity contribution in [3.05, 3.63) is 0 Å². The van der Waals surface area contributed by atoms with Crippen LogP contribution in [0, 0.1) is 39.4 Å². The van der Waals surface area contributed by atoms with E-state index in [-0.39, 0.29) is 45.9 Å². The van der Waals surface area contributed by atoms with Gasteiger partial charge in [-0.25, -0.2) is 0 Å². The number of carbonyl (C=O) groups excluding carboxylic acids is 1. The molecule has 3 aliphatic heterocycles. The highest BCUT2D eigenvalue weighted by Gasteiger charge is 2.85. The molecule has 8 rings (SSSR count). The van der Waals surface area contributed by atoms with Crippen molar-refractivity contribution in [3.63, 3.8) is 0 Å². The predicted molar refractivity (Wildman–Crippen MR) is 173 cm³/mol. The number of nitrogens with two attached hydrogens (primary N) is 1. The van der Waals surface area contributed by atoms with E-state index >= 15 is 0 Å². The average Bonchev–Trinajstić information content (AvgIpc) is 3.61. The van der Waals surface area contributed by atoms with Gasteiger partial charge < -0.3 is 39.6 Å². The lowest BCUT2D eigenvalue weighted by Crippen LogP contribution is -2.70. The Morgan fingerprint density at radius 2 is 1.74 bits per heavy atom. The normalized spacial score (nSPS) is 51.3. The fourth-order valence-corrected chi connectivity index (χ4v) is 13.4. The van der Waals surface area contributed by atoms with Crippen molar-refractivity contribution in [3.8, 4) is 0 Å². The van der Waals surface area contributed by atoms with Gasteiger partial charge in [-0.05, 0) is 111 Å². The molecule has 0 amide bonds. The molecule has 8 unspecified atom stereocenters. The van der Waals surface area contributed by atoms with Crippen LogP contribution >= 0.6 is 0 Å². The molecule has 10 nitrogen and oxygen atoms in total. The largest absolute Gasteiger partial charge is 0.457 e. The molecule has 8 fully saturated rings. The maximum Gasteiger partial charge on any atom is 0.303 e. The number of hydrogen-bond acceptors (Lipinski definition) is 10. The van der Waals surface area contributed by atoms with E-state index in [2.05, 4.69) is 25.7 Å². The Hall–Kier alpha value is -0.850. The van der Waals surface area contributed by atoms with Crippen LogP contribution in [0.1, 0.15) is 99.3 Å². The first kappa shape index (κ1) is 33.3. The highest BCUT2D eigenvalue weighted by molar-refractivity contribution is 5.66. The van der Waals surface area contributed by atoms with E-state index in [1.165, 1.54) is 13.3 Å². The molecule has 47 heavy (non-hydrogen) atoms. The third kappa shape index (κ3) is 4.54. The summed E-state index contributed by atoms with van der Waals surface area (Å²) in [5.74, 6) is 0.476. The monoisotopic (exact) mass is 660 g/mol. The van der Waals surface area contributed by atoms with Crippen molar-refractivity contribution in [1.29, 1.82) is 0 Å². The number of carbonyl (C=O) groups is 1. The predicted octanol–water partition coefficient (Wildman–Crippen LogP) is 3.39. The number of aliphatic hydroxyl groups is 2. The van der Waals surface area contributed by atoms with Gasteiger partial charge in [-0.2, -0.15) is 0 Å². The van der Waals surface area contributed by atoms with Crippen molar-refractivity contribution in [2.45, 2.75) is 153 Å². The summed E-state index contributed by atoms with van der Waals surface area (Å²) in [7, 11) is 0. The fourth-order valence-electron chi connectivity index (χ4n) is 13.4. The summed E-state index contributed by atoms with van der Waals surface area (Å²) in [4.78, 5) is 14.5. The Balaban J connectivity index is 1.01. The maximum absolute atomic E-state index is 12.3. The van der Waals surface area contributed by atoms with Crippen LogP contribution in [-0.4, -0.2) is 108 Å². The quantitative estimate of drug-likeness (QED) is 0.364. The minimum atomic E-state index is -1.27. The molecule has 266 valence electrons. The van der Waals surface area contributed by atoms with E-state index < -0.39 is 41.5 Å². The molecule has 13 atom stereocenters. The minimum absolute atomic E-state index is 0.0158. The zero-order chi connectivity index (χ0) is 33.4. The van der Waals surface area contributed by atoms with Gasteiger partial charge in [-0.15, -0.1) is 0 Å². The smallest absolute Gasteiger partial charge is 0.303 e. The van der Waals surface area contributed by atoms with E-state index in [1.807, 2.05) is 0 Å². The van der Waals surface area contributed by atoms with E-state index in [0.29, 0.717) is 25.0 Å². The van der Waals surface area contributed by atoms with Crippen LogP contribution < -0.4 is 5.73 Å². The van der Waals surface area contributed by atoms with Gasteiger partial charge in [-0.3, -0.25) is 9.69 Å². The first-order valence-corrected chi connectivity index (χ1v) is 18.7. The number of rotatable bonds is 6. The second kappa shape index (κ2) is 10.8. The molecule has 5 saturated carbocycles. The molecule has 10 heteroatoms. The van der Waals surface area contributed by atoms with Gasteiger partial charge in [0.05, 0.1) is 68.0 Å². The highest BCUT2D eigenvalue weighted by atomic mass is 16.7. The first-order valence-electron chi connectivity index (χ1n) is 18.7. The van der Waals surface area contributed by atoms with E-state index in [9.17, 15) is 15.0 Å². The van der Waals surface area contributed by atoms with Crippen LogP contribution in [-0.2, 0) is 28.5 Å². The Morgan fingerprint density at radius 3 is 2.43 bits per heavy atom. The first-order chi connectivity index (χ1) is 22.1. The maximum atomic E-state index is 12.3. The van der Waals surface area contributed by atoms with Crippen molar-refractivity contribution >= 4 is 5.97 Å². The highest BCUT2D eigenvalue weighted by Crippen LogP contribution is 2.87. The van der Waals surface area contributed by atoms with Gasteiger partial charge in [0.1, 0.15) is 0 Å². The van der Waals surface area contributed by atoms with Crippen molar-refractivity contribution < 1.29 is 38.7 Å². The number of ether oxygens (including phenoxy) is 5. The molecule has 2 spiro atoms. The molecular formula is C37H60N2O8. The number of hydrogen-bond donors (Lipinski definition) is 3. The molecule has 0 aromatic rings. The number of fused-ring (bicyclic) bond motifs is 4. The Bertz CT molecular complexity index is 1250. The van der Waals surface area contributed by atoms with Crippen LogP contribution in [0.2, 0.25) is 0 Å². The van der Waals surface area contributed by atoms with Crippen molar-refractivity contribution in [1.82, 2.24) is 4.90 Å². The summed E-state index contributed by atoms with van der Waals surface area (Å²) >= 11 is 0. The fraction of sp³-hybridized carbons (Fsp3) is 0.973. The Labute approximate surface area is 280 Å². The van der Waals surface area contributed by atoms with Crippen LogP contribution in [0.3, 0.4) is 0 Å². The minimum Gasteiger partial charge on any atom is -0.457 e. The number of esters is 1. The molecule has 4 N–H and O–H groups in total. The third-order valence-electron chi connectivity index (χ3n) is 15.8. The van der Waals surface area contributed by atoms with E-state index in [1.54, 1.807) is 13.8 Å². The van der Waals surface area contributed by atoms with Crippen LogP contribution in [0.4, 0.5) is 0 Å². The topological polar surface area (TPSA) is 133 Å². The lowest BCUT2D eigenvalue weighted by molar-refractivity contribution is -0.254.